The van der Waals surface area contributed by atoms with Crippen LogP contribution < -0.4 is 4.74 Å². The standard InChI is InChI=1S/C13H15BrO3/c1-16-12(15)9-13(6-3-7-13)17-11-5-2-4-10(14)8-11/h2,4-5,8H,3,6-7,9H2,1H3. The molecule has 0 N–H and O–H groups in total. The maximum Gasteiger partial charge on any atom is 0.309 e. The number of ether oxygens (including phenoxy) is 2. The van der Waals surface area contributed by atoms with Crippen molar-refractivity contribution in [2.75, 3.05) is 7.11 Å². The van der Waals surface area contributed by atoms with Gasteiger partial charge in [0.05, 0.1) is 13.5 Å². The molecule has 0 amide bonds. The molecule has 0 radical (unpaired) electrons. The highest BCUT2D eigenvalue weighted by Gasteiger charge is 2.41. The summed E-state index contributed by atoms with van der Waals surface area (Å²) in [6.07, 6.45) is 3.25. The number of hydrogen-bond donors (Lipinski definition) is 0. The number of carbonyl (C=O) groups is 1. The average molecular weight is 299 g/mol. The lowest BCUT2D eigenvalue weighted by Crippen LogP contribution is -2.45. The normalized spacial score (nSPS) is 17.1. The number of benzene rings is 1. The second kappa shape index (κ2) is 5.08. The summed E-state index contributed by atoms with van der Waals surface area (Å²) in [4.78, 5) is 11.4. The smallest absolute Gasteiger partial charge is 0.309 e. The zero-order valence-electron chi connectivity index (χ0n) is 9.74. The van der Waals surface area contributed by atoms with E-state index in [9.17, 15) is 4.79 Å². The summed E-state index contributed by atoms with van der Waals surface area (Å²) in [6.45, 7) is 0. The minimum atomic E-state index is -0.353. The van der Waals surface area contributed by atoms with Crippen molar-refractivity contribution in [3.05, 3.63) is 28.7 Å². The van der Waals surface area contributed by atoms with Gasteiger partial charge in [0.15, 0.2) is 0 Å². The van der Waals surface area contributed by atoms with Crippen LogP contribution in [0.5, 0.6) is 5.75 Å². The summed E-state index contributed by atoms with van der Waals surface area (Å²) >= 11 is 3.40. The first kappa shape index (κ1) is 12.4. The summed E-state index contributed by atoms with van der Waals surface area (Å²) in [5.41, 5.74) is -0.353. The van der Waals surface area contributed by atoms with Crippen LogP contribution in [0.4, 0.5) is 0 Å². The molecular weight excluding hydrogens is 284 g/mol. The van der Waals surface area contributed by atoms with E-state index in [4.69, 9.17) is 9.47 Å². The van der Waals surface area contributed by atoms with Crippen molar-refractivity contribution in [3.63, 3.8) is 0 Å². The fraction of sp³-hybridized carbons (Fsp3) is 0.462. The number of halogens is 1. The van der Waals surface area contributed by atoms with Crippen LogP contribution in [-0.4, -0.2) is 18.7 Å². The monoisotopic (exact) mass is 298 g/mol. The van der Waals surface area contributed by atoms with Gasteiger partial charge in [-0.05, 0) is 37.5 Å². The minimum Gasteiger partial charge on any atom is -0.487 e. The Bertz CT molecular complexity index is 413. The second-order valence-electron chi connectivity index (χ2n) is 4.35. The van der Waals surface area contributed by atoms with Crippen LogP contribution >= 0.6 is 15.9 Å². The van der Waals surface area contributed by atoms with E-state index >= 15 is 0 Å². The average Bonchev–Trinajstić information content (AvgIpc) is 2.26. The highest BCUT2D eigenvalue weighted by Crippen LogP contribution is 2.40. The molecule has 0 heterocycles. The van der Waals surface area contributed by atoms with E-state index in [1.807, 2.05) is 24.3 Å². The molecule has 17 heavy (non-hydrogen) atoms. The van der Waals surface area contributed by atoms with E-state index in [-0.39, 0.29) is 11.6 Å². The molecule has 1 aliphatic carbocycles. The van der Waals surface area contributed by atoms with Crippen molar-refractivity contribution < 1.29 is 14.3 Å². The van der Waals surface area contributed by atoms with Gasteiger partial charge in [0, 0.05) is 4.47 Å². The molecule has 1 aromatic rings. The molecule has 1 saturated carbocycles. The van der Waals surface area contributed by atoms with Gasteiger partial charge in [-0.3, -0.25) is 4.79 Å². The summed E-state index contributed by atoms with van der Waals surface area (Å²) < 4.78 is 11.6. The van der Waals surface area contributed by atoms with Gasteiger partial charge < -0.3 is 9.47 Å². The van der Waals surface area contributed by atoms with Crippen molar-refractivity contribution >= 4 is 21.9 Å². The van der Waals surface area contributed by atoms with Gasteiger partial charge in [0.1, 0.15) is 11.4 Å². The third-order valence-electron chi connectivity index (χ3n) is 3.09. The molecule has 0 aliphatic heterocycles. The number of rotatable bonds is 4. The maximum absolute atomic E-state index is 11.4. The van der Waals surface area contributed by atoms with E-state index in [1.54, 1.807) is 0 Å². The van der Waals surface area contributed by atoms with Gasteiger partial charge in [-0.25, -0.2) is 0 Å². The SMILES string of the molecule is COC(=O)CC1(Oc2cccc(Br)c2)CCC1. The second-order valence-corrected chi connectivity index (χ2v) is 5.26. The Morgan fingerprint density at radius 2 is 2.24 bits per heavy atom. The third-order valence-corrected chi connectivity index (χ3v) is 3.58. The van der Waals surface area contributed by atoms with Crippen molar-refractivity contribution in [2.24, 2.45) is 0 Å². The summed E-state index contributed by atoms with van der Waals surface area (Å²) in [5.74, 6) is 0.586. The predicted molar refractivity (Wildman–Crippen MR) is 68.0 cm³/mol. The molecule has 1 aliphatic rings. The van der Waals surface area contributed by atoms with E-state index < -0.39 is 0 Å². The van der Waals surface area contributed by atoms with Crippen LogP contribution in [0.2, 0.25) is 0 Å². The molecule has 0 bridgehead atoms. The number of esters is 1. The Hall–Kier alpha value is -1.03. The van der Waals surface area contributed by atoms with Crippen LogP contribution in [-0.2, 0) is 9.53 Å². The Morgan fingerprint density at radius 3 is 2.76 bits per heavy atom. The van der Waals surface area contributed by atoms with Crippen LogP contribution in [0.3, 0.4) is 0 Å². The molecule has 0 saturated heterocycles. The molecular formula is C13H15BrO3. The Labute approximate surface area is 109 Å². The molecule has 2 rings (SSSR count). The van der Waals surface area contributed by atoms with Crippen LogP contribution in [0.1, 0.15) is 25.7 Å². The first-order valence-corrected chi connectivity index (χ1v) is 6.44. The zero-order chi connectivity index (χ0) is 12.3. The highest BCUT2D eigenvalue weighted by atomic mass is 79.9. The molecule has 1 aromatic carbocycles. The lowest BCUT2D eigenvalue weighted by Gasteiger charge is -2.41. The summed E-state index contributed by atoms with van der Waals surface area (Å²) in [5, 5.41) is 0. The fourth-order valence-corrected chi connectivity index (χ4v) is 2.38. The quantitative estimate of drug-likeness (QED) is 0.800. The van der Waals surface area contributed by atoms with Crippen LogP contribution in [0.15, 0.2) is 28.7 Å². The van der Waals surface area contributed by atoms with Gasteiger partial charge in [-0.1, -0.05) is 22.0 Å². The molecule has 0 atom stereocenters. The van der Waals surface area contributed by atoms with E-state index in [2.05, 4.69) is 15.9 Å². The van der Waals surface area contributed by atoms with Crippen molar-refractivity contribution in [1.82, 2.24) is 0 Å². The Balaban J connectivity index is 2.06. The van der Waals surface area contributed by atoms with Crippen molar-refractivity contribution in [2.45, 2.75) is 31.3 Å². The molecule has 0 spiro atoms. The molecule has 1 fully saturated rings. The van der Waals surface area contributed by atoms with E-state index in [0.29, 0.717) is 6.42 Å². The topological polar surface area (TPSA) is 35.5 Å². The van der Waals surface area contributed by atoms with Gasteiger partial charge in [0.25, 0.3) is 0 Å². The van der Waals surface area contributed by atoms with Crippen LogP contribution in [0.25, 0.3) is 0 Å². The van der Waals surface area contributed by atoms with Crippen molar-refractivity contribution in [1.29, 1.82) is 0 Å². The molecule has 92 valence electrons. The lowest BCUT2D eigenvalue weighted by atomic mass is 9.77. The Kier molecular flexibility index (Phi) is 3.72. The number of carbonyl (C=O) groups excluding carboxylic acids is 1. The first-order chi connectivity index (χ1) is 8.13. The summed E-state index contributed by atoms with van der Waals surface area (Å²) in [7, 11) is 1.41. The van der Waals surface area contributed by atoms with Gasteiger partial charge in [-0.2, -0.15) is 0 Å². The van der Waals surface area contributed by atoms with Crippen LogP contribution in [0, 0.1) is 0 Å². The number of methoxy groups -OCH3 is 1. The van der Waals surface area contributed by atoms with Gasteiger partial charge >= 0.3 is 5.97 Å². The minimum absolute atomic E-state index is 0.209. The third kappa shape index (κ3) is 3.00. The first-order valence-electron chi connectivity index (χ1n) is 5.65. The zero-order valence-corrected chi connectivity index (χ0v) is 11.3. The van der Waals surface area contributed by atoms with E-state index in [1.165, 1.54) is 7.11 Å². The van der Waals surface area contributed by atoms with Gasteiger partial charge in [-0.15, -0.1) is 0 Å². The molecule has 4 heteroatoms. The fourth-order valence-electron chi connectivity index (χ4n) is 2.00. The predicted octanol–water partition coefficient (Wildman–Crippen LogP) is 3.31. The summed E-state index contributed by atoms with van der Waals surface area (Å²) in [6, 6.07) is 7.68. The Morgan fingerprint density at radius 1 is 1.47 bits per heavy atom. The highest BCUT2D eigenvalue weighted by molar-refractivity contribution is 9.10. The molecule has 0 unspecified atom stereocenters. The van der Waals surface area contributed by atoms with E-state index in [0.717, 1.165) is 29.5 Å². The molecule has 0 aromatic heterocycles. The molecule has 3 nitrogen and oxygen atoms in total. The number of hydrogen-bond acceptors (Lipinski definition) is 3. The van der Waals surface area contributed by atoms with Crippen molar-refractivity contribution in [3.8, 4) is 5.75 Å². The van der Waals surface area contributed by atoms with Gasteiger partial charge in [0.2, 0.25) is 0 Å². The lowest BCUT2D eigenvalue weighted by molar-refractivity contribution is -0.148. The maximum atomic E-state index is 11.4. The largest absolute Gasteiger partial charge is 0.487 e.